The van der Waals surface area contributed by atoms with Gasteiger partial charge >= 0.3 is 0 Å². The maximum Gasteiger partial charge on any atom is 0.241 e. The van der Waals surface area contributed by atoms with Gasteiger partial charge in [-0.25, -0.2) is 0 Å². The lowest BCUT2D eigenvalue weighted by atomic mass is 9.95. The number of anilines is 1. The van der Waals surface area contributed by atoms with Crippen LogP contribution in [0.5, 0.6) is 0 Å². The van der Waals surface area contributed by atoms with Crippen molar-refractivity contribution in [2.45, 2.75) is 44.7 Å². The fourth-order valence-electron chi connectivity index (χ4n) is 3.10. The zero-order chi connectivity index (χ0) is 18.0. The standard InChI is InChI=1S/C18H23Cl2N3O2/c1-11(17(24)22-15-4-2-3-14(19)16(15)20)23-9-7-12(8-10-23)18(25)21-13-5-6-13/h2-4,11-13H,5-10H2,1H3,(H,21,25)(H,22,24)/t11-/m0/s1. The van der Waals surface area contributed by atoms with E-state index in [1.54, 1.807) is 18.2 Å². The largest absolute Gasteiger partial charge is 0.353 e. The number of amides is 2. The smallest absolute Gasteiger partial charge is 0.241 e. The maximum absolute atomic E-state index is 12.5. The first-order valence-corrected chi connectivity index (χ1v) is 9.50. The number of rotatable bonds is 5. The fraction of sp³-hybridized carbons (Fsp3) is 0.556. The summed E-state index contributed by atoms with van der Waals surface area (Å²) in [5.41, 5.74) is 0.518. The van der Waals surface area contributed by atoms with E-state index in [0.29, 0.717) is 21.8 Å². The molecule has 25 heavy (non-hydrogen) atoms. The van der Waals surface area contributed by atoms with Crippen molar-refractivity contribution in [1.29, 1.82) is 0 Å². The van der Waals surface area contributed by atoms with Crippen LogP contribution in [0.1, 0.15) is 32.6 Å². The highest BCUT2D eigenvalue weighted by atomic mass is 35.5. The summed E-state index contributed by atoms with van der Waals surface area (Å²) in [6.45, 7) is 3.35. The molecule has 136 valence electrons. The molecule has 7 heteroatoms. The number of likely N-dealkylation sites (tertiary alicyclic amines) is 1. The monoisotopic (exact) mass is 383 g/mol. The lowest BCUT2D eigenvalue weighted by Crippen LogP contribution is -2.48. The molecule has 5 nitrogen and oxygen atoms in total. The second-order valence-electron chi connectivity index (χ2n) is 6.86. The van der Waals surface area contributed by atoms with Crippen molar-refractivity contribution in [2.24, 2.45) is 5.92 Å². The van der Waals surface area contributed by atoms with Crippen LogP contribution in [0.4, 0.5) is 5.69 Å². The number of piperidine rings is 1. The number of carbonyl (C=O) groups is 2. The highest BCUT2D eigenvalue weighted by Crippen LogP contribution is 2.30. The Bertz CT molecular complexity index is 656. The summed E-state index contributed by atoms with van der Waals surface area (Å²) in [7, 11) is 0. The molecule has 2 aliphatic rings. The van der Waals surface area contributed by atoms with Crippen LogP contribution in [-0.4, -0.2) is 41.9 Å². The number of carbonyl (C=O) groups excluding carboxylic acids is 2. The summed E-state index contributed by atoms with van der Waals surface area (Å²) in [4.78, 5) is 26.7. The third-order valence-electron chi connectivity index (χ3n) is 4.96. The summed E-state index contributed by atoms with van der Waals surface area (Å²) >= 11 is 12.1. The van der Waals surface area contributed by atoms with Gasteiger partial charge < -0.3 is 10.6 Å². The van der Waals surface area contributed by atoms with Gasteiger partial charge in [0, 0.05) is 12.0 Å². The Morgan fingerprint density at radius 3 is 2.48 bits per heavy atom. The van der Waals surface area contributed by atoms with E-state index < -0.39 is 0 Å². The van der Waals surface area contributed by atoms with Crippen molar-refractivity contribution in [2.75, 3.05) is 18.4 Å². The van der Waals surface area contributed by atoms with E-state index in [1.807, 2.05) is 6.92 Å². The minimum atomic E-state index is -0.289. The average Bonchev–Trinajstić information content (AvgIpc) is 3.42. The van der Waals surface area contributed by atoms with Crippen LogP contribution in [0.25, 0.3) is 0 Å². The van der Waals surface area contributed by atoms with E-state index in [1.165, 1.54) is 0 Å². The lowest BCUT2D eigenvalue weighted by Gasteiger charge is -2.34. The molecule has 1 atom stereocenters. The fourth-order valence-corrected chi connectivity index (χ4v) is 3.45. The highest BCUT2D eigenvalue weighted by molar-refractivity contribution is 6.44. The Morgan fingerprint density at radius 2 is 1.84 bits per heavy atom. The van der Waals surface area contributed by atoms with Gasteiger partial charge in [0.05, 0.1) is 21.8 Å². The molecule has 0 aromatic heterocycles. The van der Waals surface area contributed by atoms with Crippen LogP contribution in [-0.2, 0) is 9.59 Å². The number of hydrogen-bond acceptors (Lipinski definition) is 3. The van der Waals surface area contributed by atoms with Crippen molar-refractivity contribution in [3.63, 3.8) is 0 Å². The van der Waals surface area contributed by atoms with Gasteiger partial charge in [0.2, 0.25) is 11.8 Å². The van der Waals surface area contributed by atoms with Crippen LogP contribution < -0.4 is 10.6 Å². The minimum absolute atomic E-state index is 0.0643. The van der Waals surface area contributed by atoms with E-state index >= 15 is 0 Å². The second kappa shape index (κ2) is 7.94. The molecular weight excluding hydrogens is 361 g/mol. The summed E-state index contributed by atoms with van der Waals surface area (Å²) < 4.78 is 0. The molecule has 0 bridgehead atoms. The number of hydrogen-bond donors (Lipinski definition) is 2. The predicted molar refractivity (Wildman–Crippen MR) is 100 cm³/mol. The third-order valence-corrected chi connectivity index (χ3v) is 5.78. The number of nitrogens with zero attached hydrogens (tertiary/aromatic N) is 1. The SMILES string of the molecule is C[C@@H](C(=O)Nc1cccc(Cl)c1Cl)N1CCC(C(=O)NC2CC2)CC1. The molecule has 2 amide bonds. The molecule has 0 radical (unpaired) electrons. The van der Waals surface area contributed by atoms with Gasteiger partial charge in [-0.05, 0) is 57.8 Å². The zero-order valence-electron chi connectivity index (χ0n) is 14.2. The normalized spacial score (nSPS) is 20.1. The summed E-state index contributed by atoms with van der Waals surface area (Å²) in [5, 5.41) is 6.67. The van der Waals surface area contributed by atoms with Crippen molar-refractivity contribution < 1.29 is 9.59 Å². The van der Waals surface area contributed by atoms with E-state index in [-0.39, 0.29) is 23.8 Å². The van der Waals surface area contributed by atoms with Crippen LogP contribution in [0.2, 0.25) is 10.0 Å². The Morgan fingerprint density at radius 1 is 1.16 bits per heavy atom. The average molecular weight is 384 g/mol. The first kappa shape index (κ1) is 18.5. The molecule has 3 rings (SSSR count). The van der Waals surface area contributed by atoms with E-state index in [9.17, 15) is 9.59 Å². The Labute approximate surface area is 158 Å². The molecule has 2 N–H and O–H groups in total. The highest BCUT2D eigenvalue weighted by Gasteiger charge is 2.32. The molecule has 0 spiro atoms. The van der Waals surface area contributed by atoms with Gasteiger partial charge in [-0.2, -0.15) is 0 Å². The van der Waals surface area contributed by atoms with Crippen molar-refractivity contribution in [1.82, 2.24) is 10.2 Å². The van der Waals surface area contributed by atoms with Gasteiger partial charge in [0.15, 0.2) is 0 Å². The number of benzene rings is 1. The summed E-state index contributed by atoms with van der Waals surface area (Å²) in [6.07, 6.45) is 3.78. The predicted octanol–water partition coefficient (Wildman–Crippen LogP) is 3.31. The zero-order valence-corrected chi connectivity index (χ0v) is 15.7. The van der Waals surface area contributed by atoms with Crippen molar-refractivity contribution >= 4 is 40.7 Å². The first-order valence-electron chi connectivity index (χ1n) is 8.75. The van der Waals surface area contributed by atoms with Gasteiger partial charge in [0.1, 0.15) is 0 Å². The van der Waals surface area contributed by atoms with Gasteiger partial charge in [-0.3, -0.25) is 14.5 Å². The first-order chi connectivity index (χ1) is 12.0. The van der Waals surface area contributed by atoms with Crippen LogP contribution in [0.3, 0.4) is 0 Å². The topological polar surface area (TPSA) is 61.4 Å². The van der Waals surface area contributed by atoms with E-state index in [0.717, 1.165) is 38.8 Å². The van der Waals surface area contributed by atoms with E-state index in [2.05, 4.69) is 15.5 Å². The molecular formula is C18H23Cl2N3O2. The van der Waals surface area contributed by atoms with Crippen LogP contribution in [0.15, 0.2) is 18.2 Å². The Hall–Kier alpha value is -1.30. The summed E-state index contributed by atoms with van der Waals surface area (Å²) in [5.74, 6) is 0.115. The van der Waals surface area contributed by atoms with Gasteiger partial charge in [-0.1, -0.05) is 29.3 Å². The Balaban J connectivity index is 1.51. The van der Waals surface area contributed by atoms with E-state index in [4.69, 9.17) is 23.2 Å². The molecule has 1 aliphatic carbocycles. The molecule has 0 unspecified atom stereocenters. The number of halogens is 2. The molecule has 1 aliphatic heterocycles. The van der Waals surface area contributed by atoms with Crippen LogP contribution in [0, 0.1) is 5.92 Å². The maximum atomic E-state index is 12.5. The molecule has 1 aromatic rings. The van der Waals surface area contributed by atoms with Crippen molar-refractivity contribution in [3.05, 3.63) is 28.2 Å². The molecule has 1 aromatic carbocycles. The molecule has 2 fully saturated rings. The van der Waals surface area contributed by atoms with Gasteiger partial charge in [-0.15, -0.1) is 0 Å². The van der Waals surface area contributed by atoms with Crippen LogP contribution >= 0.6 is 23.2 Å². The second-order valence-corrected chi connectivity index (χ2v) is 7.64. The number of nitrogens with one attached hydrogen (secondary N) is 2. The Kier molecular flexibility index (Phi) is 5.87. The lowest BCUT2D eigenvalue weighted by molar-refractivity contribution is -0.127. The third kappa shape index (κ3) is 4.66. The molecule has 1 saturated heterocycles. The minimum Gasteiger partial charge on any atom is -0.353 e. The quantitative estimate of drug-likeness (QED) is 0.819. The molecule has 1 saturated carbocycles. The summed E-state index contributed by atoms with van der Waals surface area (Å²) in [6, 6.07) is 5.27. The molecule has 1 heterocycles. The van der Waals surface area contributed by atoms with Gasteiger partial charge in [0.25, 0.3) is 0 Å². The van der Waals surface area contributed by atoms with Crippen molar-refractivity contribution in [3.8, 4) is 0 Å².